The van der Waals surface area contributed by atoms with E-state index in [-0.39, 0.29) is 0 Å². The lowest BCUT2D eigenvalue weighted by Crippen LogP contribution is -2.42. The number of hydrogen-bond acceptors (Lipinski definition) is 2. The molecule has 0 rings (SSSR count). The molecular formula is C27H60N3+. The van der Waals surface area contributed by atoms with Gasteiger partial charge < -0.3 is 14.3 Å². The Morgan fingerprint density at radius 3 is 1.33 bits per heavy atom. The van der Waals surface area contributed by atoms with Gasteiger partial charge in [0.1, 0.15) is 0 Å². The molecule has 0 saturated carbocycles. The fraction of sp³-hybridized carbons (Fsp3) is 1.00. The van der Waals surface area contributed by atoms with E-state index in [0.717, 1.165) is 0 Å². The Kier molecular flexibility index (Phi) is 20.7. The Bertz CT molecular complexity index is 341. The van der Waals surface area contributed by atoms with Crippen LogP contribution in [0.1, 0.15) is 110 Å². The van der Waals surface area contributed by atoms with Crippen molar-refractivity contribution in [3.8, 4) is 0 Å². The van der Waals surface area contributed by atoms with E-state index >= 15 is 0 Å². The molecule has 0 aromatic rings. The lowest BCUT2D eigenvalue weighted by Gasteiger charge is -2.30. The second-order valence-corrected chi connectivity index (χ2v) is 10.8. The van der Waals surface area contributed by atoms with Gasteiger partial charge in [-0.1, -0.05) is 84.0 Å². The summed E-state index contributed by atoms with van der Waals surface area (Å²) >= 11 is 0. The predicted octanol–water partition coefficient (Wildman–Crippen LogP) is 6.82. The molecule has 0 amide bonds. The van der Waals surface area contributed by atoms with Gasteiger partial charge in [-0.25, -0.2) is 0 Å². The topological polar surface area (TPSA) is 6.48 Å². The molecule has 0 N–H and O–H groups in total. The van der Waals surface area contributed by atoms with Crippen LogP contribution in [-0.4, -0.2) is 82.2 Å². The quantitative estimate of drug-likeness (QED) is 0.131. The smallest absolute Gasteiger partial charge is 0.0794 e. The van der Waals surface area contributed by atoms with Crippen LogP contribution in [0.15, 0.2) is 0 Å². The average Bonchev–Trinajstić information content (AvgIpc) is 2.67. The number of rotatable bonds is 23. The van der Waals surface area contributed by atoms with Gasteiger partial charge in [-0.05, 0) is 53.5 Å². The Morgan fingerprint density at radius 1 is 0.467 bits per heavy atom. The number of hydrogen-bond donors (Lipinski definition) is 0. The van der Waals surface area contributed by atoms with E-state index in [9.17, 15) is 0 Å². The molecule has 3 nitrogen and oxygen atoms in total. The summed E-state index contributed by atoms with van der Waals surface area (Å²) in [4.78, 5) is 4.79. The van der Waals surface area contributed by atoms with Gasteiger partial charge in [-0.2, -0.15) is 0 Å². The molecule has 182 valence electrons. The number of quaternary nitrogens is 1. The van der Waals surface area contributed by atoms with Crippen LogP contribution in [0.4, 0.5) is 0 Å². The second kappa shape index (κ2) is 20.8. The zero-order valence-electron chi connectivity index (χ0n) is 22.2. The maximum absolute atomic E-state index is 2.51. The molecule has 0 unspecified atom stereocenters. The van der Waals surface area contributed by atoms with Crippen LogP contribution >= 0.6 is 0 Å². The van der Waals surface area contributed by atoms with E-state index in [1.807, 2.05) is 0 Å². The first kappa shape index (κ1) is 29.9. The minimum atomic E-state index is 1.20. The van der Waals surface area contributed by atoms with Crippen molar-refractivity contribution >= 4 is 0 Å². The van der Waals surface area contributed by atoms with Crippen molar-refractivity contribution in [1.82, 2.24) is 9.80 Å². The molecule has 0 aromatic carbocycles. The molecule has 0 bridgehead atoms. The Morgan fingerprint density at radius 2 is 0.867 bits per heavy atom. The SMILES string of the molecule is CCCCCCCCCCCCCCCC[N+](C)(C)CCCN(C)CCCN(C)C. The Labute approximate surface area is 192 Å². The second-order valence-electron chi connectivity index (χ2n) is 10.8. The van der Waals surface area contributed by atoms with Crippen molar-refractivity contribution in [2.75, 3.05) is 68.0 Å². The third-order valence-corrected chi connectivity index (χ3v) is 6.57. The molecule has 0 saturated heterocycles. The van der Waals surface area contributed by atoms with Crippen LogP contribution in [0.25, 0.3) is 0 Å². The summed E-state index contributed by atoms with van der Waals surface area (Å²) in [5, 5.41) is 0. The van der Waals surface area contributed by atoms with Crippen molar-refractivity contribution in [2.45, 2.75) is 110 Å². The molecular weight excluding hydrogens is 366 g/mol. The average molecular weight is 427 g/mol. The highest BCUT2D eigenvalue weighted by Gasteiger charge is 2.14. The molecule has 0 aliphatic heterocycles. The molecule has 0 radical (unpaired) electrons. The van der Waals surface area contributed by atoms with Crippen molar-refractivity contribution in [3.63, 3.8) is 0 Å². The van der Waals surface area contributed by atoms with Gasteiger partial charge in [-0.15, -0.1) is 0 Å². The van der Waals surface area contributed by atoms with E-state index in [4.69, 9.17) is 0 Å². The highest BCUT2D eigenvalue weighted by Crippen LogP contribution is 2.13. The van der Waals surface area contributed by atoms with Crippen LogP contribution in [0.3, 0.4) is 0 Å². The number of unbranched alkanes of at least 4 members (excludes halogenated alkanes) is 13. The Balaban J connectivity index is 3.41. The summed E-state index contributed by atoms with van der Waals surface area (Å²) in [5.41, 5.74) is 0. The van der Waals surface area contributed by atoms with Crippen molar-refractivity contribution in [1.29, 1.82) is 0 Å². The van der Waals surface area contributed by atoms with Gasteiger partial charge >= 0.3 is 0 Å². The molecule has 0 spiro atoms. The summed E-state index contributed by atoms with van der Waals surface area (Å²) in [6, 6.07) is 0. The van der Waals surface area contributed by atoms with Crippen LogP contribution in [0, 0.1) is 0 Å². The van der Waals surface area contributed by atoms with Gasteiger partial charge in [0.05, 0.1) is 27.2 Å². The van der Waals surface area contributed by atoms with E-state index in [1.165, 1.54) is 140 Å². The van der Waals surface area contributed by atoms with E-state index in [0.29, 0.717) is 0 Å². The van der Waals surface area contributed by atoms with E-state index < -0.39 is 0 Å². The maximum atomic E-state index is 2.51. The maximum Gasteiger partial charge on any atom is 0.0794 e. The van der Waals surface area contributed by atoms with Gasteiger partial charge in [0.2, 0.25) is 0 Å². The molecule has 0 aliphatic rings. The van der Waals surface area contributed by atoms with Gasteiger partial charge in [-0.3, -0.25) is 0 Å². The lowest BCUT2D eigenvalue weighted by atomic mass is 10.0. The molecule has 0 atom stereocenters. The summed E-state index contributed by atoms with van der Waals surface area (Å²) in [6.07, 6.45) is 22.9. The predicted molar refractivity (Wildman–Crippen MR) is 137 cm³/mol. The molecule has 30 heavy (non-hydrogen) atoms. The van der Waals surface area contributed by atoms with Gasteiger partial charge in [0.25, 0.3) is 0 Å². The van der Waals surface area contributed by atoms with Crippen LogP contribution in [-0.2, 0) is 0 Å². The zero-order chi connectivity index (χ0) is 22.5. The molecule has 3 heteroatoms. The van der Waals surface area contributed by atoms with Crippen LogP contribution in [0.2, 0.25) is 0 Å². The monoisotopic (exact) mass is 426 g/mol. The Hall–Kier alpha value is -0.120. The fourth-order valence-electron chi connectivity index (χ4n) is 4.38. The third-order valence-electron chi connectivity index (χ3n) is 6.57. The normalized spacial score (nSPS) is 12.4. The largest absolute Gasteiger partial charge is 0.328 e. The summed E-state index contributed by atoms with van der Waals surface area (Å²) in [5.74, 6) is 0. The standard InChI is InChI=1S/C27H60N3/c1-7-8-9-10-11-12-13-14-15-16-17-18-19-20-26-30(5,6)27-22-25-29(4)24-21-23-28(2)3/h7-27H2,1-6H3/q+1. The lowest BCUT2D eigenvalue weighted by molar-refractivity contribution is -0.890. The van der Waals surface area contributed by atoms with E-state index in [2.05, 4.69) is 52.0 Å². The third kappa shape index (κ3) is 22.6. The molecule has 0 heterocycles. The zero-order valence-corrected chi connectivity index (χ0v) is 22.2. The van der Waals surface area contributed by atoms with Crippen molar-refractivity contribution in [2.24, 2.45) is 0 Å². The van der Waals surface area contributed by atoms with Gasteiger partial charge in [0, 0.05) is 13.0 Å². The minimum absolute atomic E-state index is 1.20. The van der Waals surface area contributed by atoms with Crippen molar-refractivity contribution in [3.05, 3.63) is 0 Å². The molecule has 0 aromatic heterocycles. The first-order valence-corrected chi connectivity index (χ1v) is 13.5. The summed E-state index contributed by atoms with van der Waals surface area (Å²) in [7, 11) is 11.5. The fourth-order valence-corrected chi connectivity index (χ4v) is 4.38. The highest BCUT2D eigenvalue weighted by molar-refractivity contribution is 4.54. The van der Waals surface area contributed by atoms with E-state index in [1.54, 1.807) is 0 Å². The molecule has 0 aliphatic carbocycles. The van der Waals surface area contributed by atoms with Crippen molar-refractivity contribution < 1.29 is 4.48 Å². The number of nitrogens with zero attached hydrogens (tertiary/aromatic N) is 3. The first-order chi connectivity index (χ1) is 14.4. The van der Waals surface area contributed by atoms with Gasteiger partial charge in [0.15, 0.2) is 0 Å². The first-order valence-electron chi connectivity index (χ1n) is 13.5. The minimum Gasteiger partial charge on any atom is -0.328 e. The highest BCUT2D eigenvalue weighted by atomic mass is 15.3. The van der Waals surface area contributed by atoms with Crippen LogP contribution < -0.4 is 0 Å². The van der Waals surface area contributed by atoms with Crippen LogP contribution in [0.5, 0.6) is 0 Å². The summed E-state index contributed by atoms with van der Waals surface area (Å²) in [6.45, 7) is 8.64. The molecule has 0 fully saturated rings. The summed E-state index contributed by atoms with van der Waals surface area (Å²) < 4.78 is 1.20.